The van der Waals surface area contributed by atoms with E-state index in [0.29, 0.717) is 6.54 Å². The van der Waals surface area contributed by atoms with Crippen LogP contribution in [0.4, 0.5) is 5.82 Å². The number of carbonyl (C=O) groups excluding carboxylic acids is 1. The number of hydrogen-bond acceptors (Lipinski definition) is 4. The molecule has 3 heterocycles. The molecule has 1 amide bonds. The SMILES string of the molecule is O=C(/C=C/c1ccc(Br)s1)NCc1cccnc1N1CCCCC1. The standard InChI is InChI=1S/C18H20BrN3OS/c19-16-8-6-15(24-16)7-9-17(23)21-13-14-5-4-10-20-18(14)22-11-2-1-3-12-22/h4-10H,1-3,11-13H2,(H,21,23)/b9-7+. The fourth-order valence-corrected chi connectivity index (χ4v) is 4.10. The summed E-state index contributed by atoms with van der Waals surface area (Å²) >= 11 is 5.02. The summed E-state index contributed by atoms with van der Waals surface area (Å²) in [6.07, 6.45) is 8.95. The summed E-state index contributed by atoms with van der Waals surface area (Å²) in [5.41, 5.74) is 1.07. The number of nitrogens with one attached hydrogen (secondary N) is 1. The molecule has 1 saturated heterocycles. The van der Waals surface area contributed by atoms with Crippen LogP contribution in [-0.4, -0.2) is 24.0 Å². The lowest BCUT2D eigenvalue weighted by molar-refractivity contribution is -0.116. The van der Waals surface area contributed by atoms with Gasteiger partial charge in [0.1, 0.15) is 5.82 Å². The molecule has 0 aromatic carbocycles. The van der Waals surface area contributed by atoms with Gasteiger partial charge in [-0.25, -0.2) is 4.98 Å². The summed E-state index contributed by atoms with van der Waals surface area (Å²) in [6, 6.07) is 7.92. The molecule has 0 saturated carbocycles. The second-order valence-electron chi connectivity index (χ2n) is 5.73. The second kappa shape index (κ2) is 8.44. The minimum absolute atomic E-state index is 0.0898. The van der Waals surface area contributed by atoms with E-state index in [2.05, 4.69) is 31.1 Å². The quantitative estimate of drug-likeness (QED) is 0.757. The van der Waals surface area contributed by atoms with Crippen molar-refractivity contribution in [3.05, 3.63) is 50.8 Å². The van der Waals surface area contributed by atoms with Gasteiger partial charge in [-0.3, -0.25) is 4.79 Å². The van der Waals surface area contributed by atoms with Gasteiger partial charge in [0.2, 0.25) is 5.91 Å². The Balaban J connectivity index is 1.60. The highest BCUT2D eigenvalue weighted by Gasteiger charge is 2.15. The van der Waals surface area contributed by atoms with E-state index >= 15 is 0 Å². The zero-order chi connectivity index (χ0) is 16.8. The molecule has 6 heteroatoms. The van der Waals surface area contributed by atoms with Crippen LogP contribution in [0.25, 0.3) is 6.08 Å². The maximum atomic E-state index is 12.0. The average molecular weight is 406 g/mol. The summed E-state index contributed by atoms with van der Waals surface area (Å²) in [5.74, 6) is 0.914. The molecular formula is C18H20BrN3OS. The van der Waals surface area contributed by atoms with E-state index in [1.807, 2.05) is 36.5 Å². The van der Waals surface area contributed by atoms with Crippen LogP contribution >= 0.6 is 27.3 Å². The van der Waals surface area contributed by atoms with Gasteiger partial charge in [-0.05, 0) is 59.5 Å². The smallest absolute Gasteiger partial charge is 0.244 e. The first-order valence-corrected chi connectivity index (χ1v) is 9.73. The highest BCUT2D eigenvalue weighted by atomic mass is 79.9. The number of thiophene rings is 1. The monoisotopic (exact) mass is 405 g/mol. The fourth-order valence-electron chi connectivity index (χ4n) is 2.78. The van der Waals surface area contributed by atoms with E-state index in [1.165, 1.54) is 19.3 Å². The molecule has 24 heavy (non-hydrogen) atoms. The van der Waals surface area contributed by atoms with E-state index in [-0.39, 0.29) is 5.91 Å². The number of pyridine rings is 1. The number of anilines is 1. The van der Waals surface area contributed by atoms with Crippen LogP contribution in [-0.2, 0) is 11.3 Å². The van der Waals surface area contributed by atoms with Gasteiger partial charge in [-0.2, -0.15) is 0 Å². The van der Waals surface area contributed by atoms with Crippen LogP contribution in [0.2, 0.25) is 0 Å². The van der Waals surface area contributed by atoms with Crippen molar-refractivity contribution in [2.45, 2.75) is 25.8 Å². The molecule has 0 radical (unpaired) electrons. The van der Waals surface area contributed by atoms with Crippen molar-refractivity contribution in [3.8, 4) is 0 Å². The van der Waals surface area contributed by atoms with Gasteiger partial charge < -0.3 is 10.2 Å². The number of rotatable bonds is 5. The molecule has 1 aliphatic heterocycles. The number of aromatic nitrogens is 1. The minimum Gasteiger partial charge on any atom is -0.356 e. The molecule has 3 rings (SSSR count). The van der Waals surface area contributed by atoms with Gasteiger partial charge in [-0.15, -0.1) is 11.3 Å². The molecule has 1 aliphatic rings. The summed E-state index contributed by atoms with van der Waals surface area (Å²) in [5, 5.41) is 2.96. The van der Waals surface area contributed by atoms with E-state index < -0.39 is 0 Å². The van der Waals surface area contributed by atoms with E-state index in [9.17, 15) is 4.79 Å². The topological polar surface area (TPSA) is 45.2 Å². The Morgan fingerprint density at radius 2 is 2.12 bits per heavy atom. The first-order chi connectivity index (χ1) is 11.7. The molecule has 0 spiro atoms. The van der Waals surface area contributed by atoms with Crippen molar-refractivity contribution in [3.63, 3.8) is 0 Å². The lowest BCUT2D eigenvalue weighted by Crippen LogP contribution is -2.32. The first kappa shape index (κ1) is 17.2. The fraction of sp³-hybridized carbons (Fsp3) is 0.333. The van der Waals surface area contributed by atoms with Crippen LogP contribution < -0.4 is 10.2 Å². The maximum Gasteiger partial charge on any atom is 0.244 e. The van der Waals surface area contributed by atoms with Crippen molar-refractivity contribution in [2.75, 3.05) is 18.0 Å². The highest BCUT2D eigenvalue weighted by Crippen LogP contribution is 2.23. The third-order valence-electron chi connectivity index (χ3n) is 3.97. The Labute approximate surface area is 154 Å². The first-order valence-electron chi connectivity index (χ1n) is 8.12. The van der Waals surface area contributed by atoms with Crippen molar-refractivity contribution in [1.82, 2.24) is 10.3 Å². The lowest BCUT2D eigenvalue weighted by Gasteiger charge is -2.29. The zero-order valence-electron chi connectivity index (χ0n) is 13.4. The van der Waals surface area contributed by atoms with Crippen LogP contribution in [0.1, 0.15) is 29.7 Å². The molecule has 0 atom stereocenters. The third kappa shape index (κ3) is 4.68. The van der Waals surface area contributed by atoms with Crippen molar-refractivity contribution >= 4 is 45.1 Å². The number of amides is 1. The Kier molecular flexibility index (Phi) is 6.04. The molecule has 0 bridgehead atoms. The predicted octanol–water partition coefficient (Wildman–Crippen LogP) is 4.23. The van der Waals surface area contributed by atoms with E-state index in [1.54, 1.807) is 17.4 Å². The van der Waals surface area contributed by atoms with Gasteiger partial charge in [0.15, 0.2) is 0 Å². The van der Waals surface area contributed by atoms with Gasteiger partial charge in [0.25, 0.3) is 0 Å². The number of nitrogens with zero attached hydrogens (tertiary/aromatic N) is 2. The highest BCUT2D eigenvalue weighted by molar-refractivity contribution is 9.11. The molecule has 126 valence electrons. The third-order valence-corrected chi connectivity index (χ3v) is 5.56. The van der Waals surface area contributed by atoms with Crippen molar-refractivity contribution < 1.29 is 4.79 Å². The van der Waals surface area contributed by atoms with Gasteiger partial charge in [-0.1, -0.05) is 6.07 Å². The molecular weight excluding hydrogens is 386 g/mol. The number of halogens is 1. The molecule has 2 aromatic rings. The van der Waals surface area contributed by atoms with E-state index in [4.69, 9.17) is 0 Å². The number of piperidine rings is 1. The molecule has 1 fully saturated rings. The molecule has 1 N–H and O–H groups in total. The minimum atomic E-state index is -0.0898. The number of hydrogen-bond donors (Lipinski definition) is 1. The van der Waals surface area contributed by atoms with Crippen molar-refractivity contribution in [2.24, 2.45) is 0 Å². The van der Waals surface area contributed by atoms with Crippen LogP contribution in [0.5, 0.6) is 0 Å². The largest absolute Gasteiger partial charge is 0.356 e. The Hall–Kier alpha value is -1.66. The van der Waals surface area contributed by atoms with Crippen molar-refractivity contribution in [1.29, 1.82) is 0 Å². The molecule has 2 aromatic heterocycles. The molecule has 0 unspecified atom stereocenters. The number of carbonyl (C=O) groups is 1. The van der Waals surface area contributed by atoms with Crippen LogP contribution in [0, 0.1) is 0 Å². The normalized spacial score (nSPS) is 15.0. The Morgan fingerprint density at radius 3 is 2.88 bits per heavy atom. The second-order valence-corrected chi connectivity index (χ2v) is 8.22. The summed E-state index contributed by atoms with van der Waals surface area (Å²) in [6.45, 7) is 2.59. The van der Waals surface area contributed by atoms with Gasteiger partial charge >= 0.3 is 0 Å². The Morgan fingerprint density at radius 1 is 1.29 bits per heavy atom. The van der Waals surface area contributed by atoms with Gasteiger partial charge in [0.05, 0.1) is 3.79 Å². The summed E-state index contributed by atoms with van der Waals surface area (Å²) in [7, 11) is 0. The Bertz CT molecular complexity index is 723. The lowest BCUT2D eigenvalue weighted by atomic mass is 10.1. The predicted molar refractivity (Wildman–Crippen MR) is 103 cm³/mol. The zero-order valence-corrected chi connectivity index (χ0v) is 15.8. The van der Waals surface area contributed by atoms with E-state index in [0.717, 1.165) is 33.1 Å². The molecule has 4 nitrogen and oxygen atoms in total. The average Bonchev–Trinajstić information content (AvgIpc) is 3.04. The van der Waals surface area contributed by atoms with Gasteiger partial charge in [0, 0.05) is 42.3 Å². The van der Waals surface area contributed by atoms with Crippen LogP contribution in [0.15, 0.2) is 40.3 Å². The summed E-state index contributed by atoms with van der Waals surface area (Å²) < 4.78 is 1.06. The molecule has 0 aliphatic carbocycles. The maximum absolute atomic E-state index is 12.0. The summed E-state index contributed by atoms with van der Waals surface area (Å²) in [4.78, 5) is 19.9. The van der Waals surface area contributed by atoms with Crippen LogP contribution in [0.3, 0.4) is 0 Å².